The summed E-state index contributed by atoms with van der Waals surface area (Å²) in [6, 6.07) is 3.00. The summed E-state index contributed by atoms with van der Waals surface area (Å²) in [6.07, 6.45) is 1.38. The molecule has 1 aliphatic heterocycles. The van der Waals surface area contributed by atoms with E-state index in [1.165, 1.54) is 12.3 Å². The molecule has 2 heterocycles. The van der Waals surface area contributed by atoms with Gasteiger partial charge >= 0.3 is 0 Å². The Bertz CT molecular complexity index is 815. The van der Waals surface area contributed by atoms with E-state index in [0.29, 0.717) is 19.8 Å². The van der Waals surface area contributed by atoms with E-state index in [4.69, 9.17) is 4.74 Å². The second-order valence-electron chi connectivity index (χ2n) is 5.82. The first-order chi connectivity index (χ1) is 13.0. The molecular formula is C17H18F3N5O2. The molecule has 1 aliphatic rings. The maximum absolute atomic E-state index is 13.7. The van der Waals surface area contributed by atoms with Crippen LogP contribution in [0.25, 0.3) is 0 Å². The van der Waals surface area contributed by atoms with Gasteiger partial charge in [0, 0.05) is 32.4 Å². The Balaban J connectivity index is 1.59. The monoisotopic (exact) mass is 381 g/mol. The van der Waals surface area contributed by atoms with Crippen molar-refractivity contribution in [1.82, 2.24) is 14.9 Å². The number of benzene rings is 1. The van der Waals surface area contributed by atoms with Crippen LogP contribution in [0.4, 0.5) is 24.8 Å². The molecule has 0 radical (unpaired) electrons. The second-order valence-corrected chi connectivity index (χ2v) is 5.82. The fourth-order valence-electron chi connectivity index (χ4n) is 2.53. The van der Waals surface area contributed by atoms with Crippen LogP contribution < -0.4 is 10.6 Å². The number of carbonyl (C=O) groups excluding carboxylic acids is 1. The van der Waals surface area contributed by atoms with Crippen molar-refractivity contribution in [2.24, 2.45) is 0 Å². The number of halogens is 3. The van der Waals surface area contributed by atoms with Gasteiger partial charge in [-0.05, 0) is 18.2 Å². The van der Waals surface area contributed by atoms with Crippen LogP contribution in [0, 0.1) is 17.5 Å². The number of rotatable bonds is 6. The zero-order chi connectivity index (χ0) is 19.2. The first kappa shape index (κ1) is 19.1. The zero-order valence-corrected chi connectivity index (χ0v) is 14.3. The highest BCUT2D eigenvalue weighted by Gasteiger charge is 2.17. The fraction of sp³-hybridized carbons (Fsp3) is 0.353. The summed E-state index contributed by atoms with van der Waals surface area (Å²) < 4.78 is 45.2. The Labute approximate surface area is 153 Å². The number of amides is 1. The first-order valence-corrected chi connectivity index (χ1v) is 8.36. The lowest BCUT2D eigenvalue weighted by Crippen LogP contribution is -2.39. The predicted octanol–water partition coefficient (Wildman–Crippen LogP) is 1.89. The van der Waals surface area contributed by atoms with E-state index >= 15 is 0 Å². The molecule has 3 rings (SSSR count). The third kappa shape index (κ3) is 4.92. The van der Waals surface area contributed by atoms with E-state index in [-0.39, 0.29) is 11.6 Å². The van der Waals surface area contributed by atoms with Crippen molar-refractivity contribution >= 4 is 17.5 Å². The van der Waals surface area contributed by atoms with Gasteiger partial charge in [-0.2, -0.15) is 0 Å². The largest absolute Gasteiger partial charge is 0.379 e. The minimum Gasteiger partial charge on any atom is -0.379 e. The topological polar surface area (TPSA) is 79.4 Å². The van der Waals surface area contributed by atoms with Crippen LogP contribution in [0.5, 0.6) is 0 Å². The quantitative estimate of drug-likeness (QED) is 0.744. The maximum atomic E-state index is 13.7. The normalized spacial score (nSPS) is 14.8. The number of ether oxygens (including phenoxy) is 1. The molecule has 1 aromatic carbocycles. The number of carbonyl (C=O) groups is 1. The summed E-state index contributed by atoms with van der Waals surface area (Å²) in [5.74, 6) is -4.98. The number of anilines is 2. The lowest BCUT2D eigenvalue weighted by atomic mass is 10.2. The Morgan fingerprint density at radius 2 is 1.93 bits per heavy atom. The van der Waals surface area contributed by atoms with E-state index in [1.54, 1.807) is 0 Å². The summed E-state index contributed by atoms with van der Waals surface area (Å²) in [4.78, 5) is 22.5. The molecule has 0 unspecified atom stereocenters. The Hall–Kier alpha value is -2.72. The summed E-state index contributed by atoms with van der Waals surface area (Å²) in [7, 11) is 0. The van der Waals surface area contributed by atoms with Gasteiger partial charge in [-0.1, -0.05) is 0 Å². The second kappa shape index (κ2) is 8.78. The molecule has 0 aliphatic carbocycles. The van der Waals surface area contributed by atoms with Gasteiger partial charge in [0.1, 0.15) is 5.69 Å². The van der Waals surface area contributed by atoms with E-state index < -0.39 is 29.0 Å². The van der Waals surface area contributed by atoms with Gasteiger partial charge in [-0.3, -0.25) is 9.69 Å². The molecule has 27 heavy (non-hydrogen) atoms. The van der Waals surface area contributed by atoms with Crippen molar-refractivity contribution in [1.29, 1.82) is 0 Å². The number of nitrogens with one attached hydrogen (secondary N) is 2. The minimum atomic E-state index is -1.65. The minimum absolute atomic E-state index is 0.0389. The molecule has 0 saturated carbocycles. The third-order valence-electron chi connectivity index (χ3n) is 3.99. The summed E-state index contributed by atoms with van der Waals surface area (Å²) >= 11 is 0. The van der Waals surface area contributed by atoms with Gasteiger partial charge in [-0.25, -0.2) is 23.1 Å². The van der Waals surface area contributed by atoms with Gasteiger partial charge in [0.05, 0.1) is 18.9 Å². The van der Waals surface area contributed by atoms with Crippen molar-refractivity contribution in [3.63, 3.8) is 0 Å². The highest BCUT2D eigenvalue weighted by molar-refractivity contribution is 6.03. The van der Waals surface area contributed by atoms with Gasteiger partial charge in [0.15, 0.2) is 17.5 Å². The van der Waals surface area contributed by atoms with E-state index in [1.807, 2.05) is 0 Å². The Kier molecular flexibility index (Phi) is 6.20. The summed E-state index contributed by atoms with van der Waals surface area (Å²) in [5, 5.41) is 5.18. The van der Waals surface area contributed by atoms with Crippen LogP contribution in [-0.4, -0.2) is 60.2 Å². The van der Waals surface area contributed by atoms with Crippen LogP contribution in [0.2, 0.25) is 0 Å². The highest BCUT2D eigenvalue weighted by atomic mass is 19.2. The van der Waals surface area contributed by atoms with Crippen molar-refractivity contribution in [3.05, 3.63) is 47.5 Å². The van der Waals surface area contributed by atoms with Crippen LogP contribution in [-0.2, 0) is 4.74 Å². The molecule has 1 aromatic heterocycles. The van der Waals surface area contributed by atoms with Crippen molar-refractivity contribution in [2.45, 2.75) is 0 Å². The van der Waals surface area contributed by atoms with Gasteiger partial charge in [-0.15, -0.1) is 0 Å². The van der Waals surface area contributed by atoms with E-state index in [9.17, 15) is 18.0 Å². The predicted molar refractivity (Wildman–Crippen MR) is 92.0 cm³/mol. The van der Waals surface area contributed by atoms with E-state index in [0.717, 1.165) is 31.8 Å². The maximum Gasteiger partial charge on any atom is 0.274 e. The molecule has 1 saturated heterocycles. The molecule has 0 atom stereocenters. The molecule has 0 bridgehead atoms. The summed E-state index contributed by atoms with van der Waals surface area (Å²) in [6.45, 7) is 4.45. The smallest absolute Gasteiger partial charge is 0.274 e. The molecule has 0 spiro atoms. The lowest BCUT2D eigenvalue weighted by Gasteiger charge is -2.26. The van der Waals surface area contributed by atoms with Crippen LogP contribution in [0.1, 0.15) is 10.5 Å². The van der Waals surface area contributed by atoms with Crippen LogP contribution in [0.3, 0.4) is 0 Å². The van der Waals surface area contributed by atoms with Gasteiger partial charge in [0.2, 0.25) is 5.95 Å². The summed E-state index contributed by atoms with van der Waals surface area (Å²) in [5.41, 5.74) is -0.512. The molecule has 1 fully saturated rings. The number of aromatic nitrogens is 2. The molecular weight excluding hydrogens is 363 g/mol. The average Bonchev–Trinajstić information content (AvgIpc) is 2.69. The zero-order valence-electron chi connectivity index (χ0n) is 14.3. The van der Waals surface area contributed by atoms with Gasteiger partial charge in [0.25, 0.3) is 5.91 Å². The van der Waals surface area contributed by atoms with Crippen molar-refractivity contribution in [3.8, 4) is 0 Å². The number of hydrogen-bond acceptors (Lipinski definition) is 6. The van der Waals surface area contributed by atoms with Crippen molar-refractivity contribution < 1.29 is 22.7 Å². The average molecular weight is 381 g/mol. The van der Waals surface area contributed by atoms with E-state index in [2.05, 4.69) is 25.5 Å². The molecule has 144 valence electrons. The van der Waals surface area contributed by atoms with Crippen LogP contribution >= 0.6 is 0 Å². The SMILES string of the molecule is O=C(Nc1ccc(F)c(F)c1F)c1ccnc(NCCN2CCOCC2)n1. The standard InChI is InChI=1S/C17H18F3N5O2/c18-11-1-2-12(15(20)14(11)19)23-16(26)13-3-4-21-17(24-13)22-5-6-25-7-9-27-10-8-25/h1-4H,5-10H2,(H,23,26)(H,21,22,24). The van der Waals surface area contributed by atoms with Crippen LogP contribution in [0.15, 0.2) is 24.4 Å². The fourth-order valence-corrected chi connectivity index (χ4v) is 2.53. The first-order valence-electron chi connectivity index (χ1n) is 8.36. The molecule has 10 heteroatoms. The molecule has 2 N–H and O–H groups in total. The molecule has 2 aromatic rings. The Morgan fingerprint density at radius 3 is 2.70 bits per heavy atom. The Morgan fingerprint density at radius 1 is 1.15 bits per heavy atom. The lowest BCUT2D eigenvalue weighted by molar-refractivity contribution is 0.0398. The highest BCUT2D eigenvalue weighted by Crippen LogP contribution is 2.20. The molecule has 1 amide bonds. The van der Waals surface area contributed by atoms with Gasteiger partial charge < -0.3 is 15.4 Å². The van der Waals surface area contributed by atoms with Crippen molar-refractivity contribution in [2.75, 3.05) is 50.0 Å². The number of hydrogen-bond donors (Lipinski definition) is 2. The third-order valence-corrected chi connectivity index (χ3v) is 3.99. The molecule has 7 nitrogen and oxygen atoms in total. The number of morpholine rings is 1. The number of nitrogens with zero attached hydrogens (tertiary/aromatic N) is 3.